The van der Waals surface area contributed by atoms with E-state index >= 15 is 0 Å². The van der Waals surface area contributed by atoms with Crippen molar-refractivity contribution in [1.82, 2.24) is 4.90 Å². The van der Waals surface area contributed by atoms with Crippen LogP contribution in [0.25, 0.3) is 0 Å². The third-order valence-electron chi connectivity index (χ3n) is 7.59. The second-order valence-electron chi connectivity index (χ2n) is 9.02. The van der Waals surface area contributed by atoms with E-state index in [1.165, 1.54) is 30.5 Å². The Morgan fingerprint density at radius 3 is 3.04 bits per heavy atom. The molecule has 0 aromatic rings. The van der Waals surface area contributed by atoms with Gasteiger partial charge in [0.05, 0.1) is 5.60 Å². The molecule has 5 rings (SSSR count). The van der Waals surface area contributed by atoms with Crippen LogP contribution in [-0.4, -0.2) is 28.7 Å². The molecule has 1 N–H and O–H groups in total. The molecule has 5 aliphatic rings. The van der Waals surface area contributed by atoms with Crippen molar-refractivity contribution in [3.63, 3.8) is 0 Å². The van der Waals surface area contributed by atoms with Gasteiger partial charge in [0, 0.05) is 30.6 Å². The Bertz CT molecular complexity index is 780. The van der Waals surface area contributed by atoms with Crippen LogP contribution in [-0.2, 0) is 0 Å². The third kappa shape index (κ3) is 2.27. The predicted molar refractivity (Wildman–Crippen MR) is 106 cm³/mol. The summed E-state index contributed by atoms with van der Waals surface area (Å²) >= 11 is 0. The molecule has 138 valence electrons. The topological polar surface area (TPSA) is 23.5 Å². The minimum Gasteiger partial charge on any atom is -0.389 e. The first-order chi connectivity index (χ1) is 12.6. The van der Waals surface area contributed by atoms with Gasteiger partial charge in [0.15, 0.2) is 0 Å². The van der Waals surface area contributed by atoms with Crippen LogP contribution in [0, 0.1) is 17.8 Å². The molecule has 2 nitrogen and oxygen atoms in total. The molecule has 0 aromatic carbocycles. The molecule has 3 aliphatic carbocycles. The van der Waals surface area contributed by atoms with Gasteiger partial charge in [-0.1, -0.05) is 43.7 Å². The number of nitrogens with zero attached hydrogens (tertiary/aromatic N) is 1. The molecule has 1 fully saturated rings. The summed E-state index contributed by atoms with van der Waals surface area (Å²) in [5.74, 6) is 1.35. The number of allylic oxidation sites excluding steroid dienone is 5. The summed E-state index contributed by atoms with van der Waals surface area (Å²) in [7, 11) is 0. The van der Waals surface area contributed by atoms with Crippen molar-refractivity contribution in [1.29, 1.82) is 0 Å². The standard InChI is InChI=1S/C24H31NO/c1-3-24(26)14-17-9-7-11-19-21-12-4-5-13-25(21)15-20(22(17)19)18-10-6-8-16(2)23(18)24/h4-6,10,12,16,19,23,26H,3,7-9,11,13-15H2,1-2H3. The zero-order valence-corrected chi connectivity index (χ0v) is 16.2. The minimum absolute atomic E-state index is 0.282. The van der Waals surface area contributed by atoms with Crippen LogP contribution < -0.4 is 0 Å². The van der Waals surface area contributed by atoms with Crippen molar-refractivity contribution < 1.29 is 5.11 Å². The minimum atomic E-state index is -0.582. The van der Waals surface area contributed by atoms with Gasteiger partial charge in [0.2, 0.25) is 0 Å². The number of aliphatic hydroxyl groups is 1. The summed E-state index contributed by atoms with van der Waals surface area (Å²) in [6, 6.07) is 0. The molecule has 1 saturated heterocycles. The first kappa shape index (κ1) is 16.6. The maximum Gasteiger partial charge on any atom is 0.0753 e. The third-order valence-corrected chi connectivity index (χ3v) is 7.59. The molecule has 0 amide bonds. The maximum atomic E-state index is 11.8. The maximum absolute atomic E-state index is 11.8. The van der Waals surface area contributed by atoms with E-state index in [-0.39, 0.29) is 5.92 Å². The van der Waals surface area contributed by atoms with E-state index in [4.69, 9.17) is 0 Å². The first-order valence-corrected chi connectivity index (χ1v) is 10.6. The van der Waals surface area contributed by atoms with E-state index in [1.54, 1.807) is 16.7 Å². The lowest BCUT2D eigenvalue weighted by atomic mass is 9.67. The molecule has 0 spiro atoms. The van der Waals surface area contributed by atoms with Gasteiger partial charge < -0.3 is 10.0 Å². The summed E-state index contributed by atoms with van der Waals surface area (Å²) < 4.78 is 0. The van der Waals surface area contributed by atoms with Gasteiger partial charge >= 0.3 is 0 Å². The van der Waals surface area contributed by atoms with Crippen molar-refractivity contribution in [2.75, 3.05) is 13.1 Å². The molecule has 4 unspecified atom stereocenters. The fourth-order valence-corrected chi connectivity index (χ4v) is 6.42. The van der Waals surface area contributed by atoms with Crippen LogP contribution in [0.2, 0.25) is 0 Å². The lowest BCUT2D eigenvalue weighted by molar-refractivity contribution is -0.0271. The molecule has 0 bridgehead atoms. The van der Waals surface area contributed by atoms with Gasteiger partial charge in [0.1, 0.15) is 0 Å². The van der Waals surface area contributed by atoms with E-state index < -0.39 is 5.60 Å². The lowest BCUT2D eigenvalue weighted by Gasteiger charge is -2.45. The van der Waals surface area contributed by atoms with Crippen LogP contribution in [0.5, 0.6) is 0 Å². The van der Waals surface area contributed by atoms with E-state index in [1.807, 2.05) is 0 Å². The molecule has 2 heteroatoms. The van der Waals surface area contributed by atoms with Gasteiger partial charge in [-0.05, 0) is 67.2 Å². The highest BCUT2D eigenvalue weighted by molar-refractivity contribution is 5.56. The SMILES string of the molecule is CCC1(O)CC2=C3C(=C4C=CCC(C)C41)CN1CC=CC=C1C3CCC2. The van der Waals surface area contributed by atoms with Crippen molar-refractivity contribution in [2.24, 2.45) is 17.8 Å². The smallest absolute Gasteiger partial charge is 0.0753 e. The predicted octanol–water partition coefficient (Wildman–Crippen LogP) is 4.91. The van der Waals surface area contributed by atoms with Crippen LogP contribution in [0.1, 0.15) is 52.4 Å². The average molecular weight is 350 g/mol. The van der Waals surface area contributed by atoms with Crippen LogP contribution in [0.4, 0.5) is 0 Å². The second-order valence-corrected chi connectivity index (χ2v) is 9.02. The summed E-state index contributed by atoms with van der Waals surface area (Å²) in [6.07, 6.45) is 18.1. The number of rotatable bonds is 1. The molecule has 26 heavy (non-hydrogen) atoms. The van der Waals surface area contributed by atoms with Gasteiger partial charge in [-0.3, -0.25) is 0 Å². The lowest BCUT2D eigenvalue weighted by Crippen LogP contribution is -2.43. The van der Waals surface area contributed by atoms with Crippen LogP contribution >= 0.6 is 0 Å². The quantitative estimate of drug-likeness (QED) is 0.727. The Balaban J connectivity index is 1.75. The first-order valence-electron chi connectivity index (χ1n) is 10.6. The van der Waals surface area contributed by atoms with Gasteiger partial charge in [-0.25, -0.2) is 0 Å². The van der Waals surface area contributed by atoms with Crippen LogP contribution in [0.3, 0.4) is 0 Å². The summed E-state index contributed by atoms with van der Waals surface area (Å²) in [4.78, 5) is 2.58. The van der Waals surface area contributed by atoms with Gasteiger partial charge in [-0.2, -0.15) is 0 Å². The average Bonchev–Trinajstić information content (AvgIpc) is 2.77. The van der Waals surface area contributed by atoms with Crippen molar-refractivity contribution >= 4 is 0 Å². The number of piperidine rings is 1. The van der Waals surface area contributed by atoms with Crippen molar-refractivity contribution in [3.8, 4) is 0 Å². The van der Waals surface area contributed by atoms with E-state index in [9.17, 15) is 5.11 Å². The zero-order valence-electron chi connectivity index (χ0n) is 16.2. The fraction of sp³-hybridized carbons (Fsp3) is 0.583. The van der Waals surface area contributed by atoms with Crippen LogP contribution in [0.15, 0.2) is 58.4 Å². The fourth-order valence-electron chi connectivity index (χ4n) is 6.42. The van der Waals surface area contributed by atoms with Gasteiger partial charge in [-0.15, -0.1) is 0 Å². The van der Waals surface area contributed by atoms with Gasteiger partial charge in [0.25, 0.3) is 0 Å². The molecule has 0 aromatic heterocycles. The molecule has 0 radical (unpaired) electrons. The van der Waals surface area contributed by atoms with Crippen molar-refractivity contribution in [3.05, 3.63) is 58.4 Å². The molecule has 2 aliphatic heterocycles. The van der Waals surface area contributed by atoms with Crippen molar-refractivity contribution in [2.45, 2.75) is 58.0 Å². The molecular formula is C24H31NO. The molecule has 0 saturated carbocycles. The summed E-state index contributed by atoms with van der Waals surface area (Å²) in [5.41, 5.74) is 7.15. The van der Waals surface area contributed by atoms with E-state index in [2.05, 4.69) is 49.1 Å². The monoisotopic (exact) mass is 349 g/mol. The molecule has 2 heterocycles. The Hall–Kier alpha value is -1.54. The highest BCUT2D eigenvalue weighted by Gasteiger charge is 2.48. The summed E-state index contributed by atoms with van der Waals surface area (Å²) in [5, 5.41) is 11.8. The molecular weight excluding hydrogens is 318 g/mol. The number of fused-ring (bicyclic) bond motifs is 3. The Kier molecular flexibility index (Phi) is 3.83. The number of hydrogen-bond donors (Lipinski definition) is 1. The molecule has 4 atom stereocenters. The normalized spacial score (nSPS) is 38.5. The largest absolute Gasteiger partial charge is 0.389 e. The Morgan fingerprint density at radius 2 is 2.19 bits per heavy atom. The van der Waals surface area contributed by atoms with E-state index in [0.717, 1.165) is 32.4 Å². The summed E-state index contributed by atoms with van der Waals surface area (Å²) in [6.45, 7) is 6.58. The second kappa shape index (κ2) is 5.99. The Labute approximate surface area is 157 Å². The highest BCUT2D eigenvalue weighted by atomic mass is 16.3. The van der Waals surface area contributed by atoms with E-state index in [0.29, 0.717) is 11.8 Å². The Morgan fingerprint density at radius 1 is 1.31 bits per heavy atom. The highest BCUT2D eigenvalue weighted by Crippen LogP contribution is 2.54. The number of hydrogen-bond acceptors (Lipinski definition) is 2. The zero-order chi connectivity index (χ0) is 17.9.